The summed E-state index contributed by atoms with van der Waals surface area (Å²) in [6.45, 7) is 4.27. The number of aromatic nitrogens is 2. The van der Waals surface area contributed by atoms with Gasteiger partial charge in [-0.2, -0.15) is 4.98 Å². The van der Waals surface area contributed by atoms with Gasteiger partial charge < -0.3 is 10.1 Å². The average molecular weight is 244 g/mol. The summed E-state index contributed by atoms with van der Waals surface area (Å²) in [4.78, 5) is 8.05. The summed E-state index contributed by atoms with van der Waals surface area (Å²) in [7, 11) is 1.57. The zero-order valence-electron chi connectivity index (χ0n) is 7.25. The number of ether oxygens (including phenoxy) is 1. The van der Waals surface area contributed by atoms with Crippen molar-refractivity contribution >= 4 is 21.9 Å². The summed E-state index contributed by atoms with van der Waals surface area (Å²) in [6, 6.07) is 1.69. The lowest BCUT2D eigenvalue weighted by Gasteiger charge is -2.03. The standard InChI is InChI=1S/C8H10BrN3O/c1-6(9)5-11-8-10-4-3-7(12-8)13-2/h3-4H,1,5H2,2H3,(H,10,11,12). The molecule has 1 heterocycles. The topological polar surface area (TPSA) is 47.0 Å². The minimum absolute atomic E-state index is 0.528. The van der Waals surface area contributed by atoms with Gasteiger partial charge in [0.05, 0.1) is 7.11 Å². The molecule has 1 aromatic rings. The van der Waals surface area contributed by atoms with E-state index in [2.05, 4.69) is 37.8 Å². The molecule has 1 aromatic heterocycles. The molecule has 0 bridgehead atoms. The van der Waals surface area contributed by atoms with Crippen molar-refractivity contribution in [3.05, 3.63) is 23.3 Å². The highest BCUT2D eigenvalue weighted by Gasteiger charge is 1.97. The SMILES string of the molecule is C=C(Br)CNc1nccc(OC)n1. The lowest BCUT2D eigenvalue weighted by molar-refractivity contribution is 0.397. The quantitative estimate of drug-likeness (QED) is 0.877. The molecule has 0 atom stereocenters. The van der Waals surface area contributed by atoms with Gasteiger partial charge in [0.25, 0.3) is 0 Å². The highest BCUT2D eigenvalue weighted by atomic mass is 79.9. The first-order valence-electron chi connectivity index (χ1n) is 3.66. The summed E-state index contributed by atoms with van der Waals surface area (Å²) in [5.74, 6) is 1.07. The first-order chi connectivity index (χ1) is 6.22. The van der Waals surface area contributed by atoms with Crippen LogP contribution in [0.5, 0.6) is 5.88 Å². The van der Waals surface area contributed by atoms with Crippen molar-refractivity contribution < 1.29 is 4.74 Å². The van der Waals surface area contributed by atoms with Crippen LogP contribution in [-0.2, 0) is 0 Å². The number of halogens is 1. The minimum Gasteiger partial charge on any atom is -0.481 e. The van der Waals surface area contributed by atoms with E-state index in [0.717, 1.165) is 4.48 Å². The number of nitrogens with zero attached hydrogens (tertiary/aromatic N) is 2. The van der Waals surface area contributed by atoms with Crippen LogP contribution in [0.2, 0.25) is 0 Å². The Morgan fingerprint density at radius 1 is 1.77 bits per heavy atom. The second-order valence-electron chi connectivity index (χ2n) is 2.29. The van der Waals surface area contributed by atoms with Crippen LogP contribution in [0.3, 0.4) is 0 Å². The maximum absolute atomic E-state index is 4.94. The molecule has 5 heteroatoms. The maximum Gasteiger partial charge on any atom is 0.226 e. The number of hydrogen-bond acceptors (Lipinski definition) is 4. The maximum atomic E-state index is 4.94. The summed E-state index contributed by atoms with van der Waals surface area (Å²) >= 11 is 3.22. The number of anilines is 1. The van der Waals surface area contributed by atoms with Crippen molar-refractivity contribution in [3.8, 4) is 5.88 Å². The highest BCUT2D eigenvalue weighted by molar-refractivity contribution is 9.11. The summed E-state index contributed by atoms with van der Waals surface area (Å²) < 4.78 is 5.78. The number of hydrogen-bond donors (Lipinski definition) is 1. The Labute approximate surface area is 85.2 Å². The van der Waals surface area contributed by atoms with E-state index in [1.807, 2.05) is 0 Å². The average Bonchev–Trinajstić information content (AvgIpc) is 2.15. The van der Waals surface area contributed by atoms with E-state index in [1.165, 1.54) is 0 Å². The van der Waals surface area contributed by atoms with Gasteiger partial charge in [-0.1, -0.05) is 22.5 Å². The van der Waals surface area contributed by atoms with Gasteiger partial charge in [-0.25, -0.2) is 4.98 Å². The Morgan fingerprint density at radius 3 is 3.15 bits per heavy atom. The van der Waals surface area contributed by atoms with Crippen molar-refractivity contribution in [2.24, 2.45) is 0 Å². The summed E-state index contributed by atoms with van der Waals surface area (Å²) in [6.07, 6.45) is 1.63. The summed E-state index contributed by atoms with van der Waals surface area (Å²) in [5.41, 5.74) is 0. The molecule has 0 saturated carbocycles. The largest absolute Gasteiger partial charge is 0.481 e. The first kappa shape index (κ1) is 9.98. The minimum atomic E-state index is 0.528. The molecule has 0 fully saturated rings. The Morgan fingerprint density at radius 2 is 2.54 bits per heavy atom. The molecule has 1 rings (SSSR count). The monoisotopic (exact) mass is 243 g/mol. The van der Waals surface area contributed by atoms with Gasteiger partial charge in [-0.05, 0) is 0 Å². The van der Waals surface area contributed by atoms with Gasteiger partial charge in [0.15, 0.2) is 0 Å². The predicted octanol–water partition coefficient (Wildman–Crippen LogP) is 1.81. The third-order valence-electron chi connectivity index (χ3n) is 1.28. The zero-order chi connectivity index (χ0) is 9.68. The lowest BCUT2D eigenvalue weighted by Crippen LogP contribution is -2.05. The fraction of sp³-hybridized carbons (Fsp3) is 0.250. The Kier molecular flexibility index (Phi) is 3.70. The number of nitrogens with one attached hydrogen (secondary N) is 1. The molecular formula is C8H10BrN3O. The van der Waals surface area contributed by atoms with Crippen LogP contribution in [0.15, 0.2) is 23.3 Å². The molecule has 13 heavy (non-hydrogen) atoms. The van der Waals surface area contributed by atoms with Crippen molar-refractivity contribution in [2.75, 3.05) is 19.0 Å². The van der Waals surface area contributed by atoms with E-state index < -0.39 is 0 Å². The van der Waals surface area contributed by atoms with Gasteiger partial charge in [-0.3, -0.25) is 0 Å². The zero-order valence-corrected chi connectivity index (χ0v) is 8.84. The molecule has 0 saturated heterocycles. The first-order valence-corrected chi connectivity index (χ1v) is 4.46. The van der Waals surface area contributed by atoms with E-state index >= 15 is 0 Å². The van der Waals surface area contributed by atoms with Crippen molar-refractivity contribution in [3.63, 3.8) is 0 Å². The fourth-order valence-electron chi connectivity index (χ4n) is 0.716. The van der Waals surface area contributed by atoms with E-state index in [0.29, 0.717) is 18.4 Å². The molecule has 0 aliphatic carbocycles. The molecule has 0 aliphatic rings. The summed E-state index contributed by atoms with van der Waals surface area (Å²) in [5, 5.41) is 2.97. The van der Waals surface area contributed by atoms with E-state index in [-0.39, 0.29) is 0 Å². The molecule has 0 spiro atoms. The Hall–Kier alpha value is -1.10. The van der Waals surface area contributed by atoms with Gasteiger partial charge in [0.1, 0.15) is 0 Å². The molecule has 70 valence electrons. The van der Waals surface area contributed by atoms with Gasteiger partial charge in [0, 0.05) is 23.3 Å². The van der Waals surface area contributed by atoms with Crippen LogP contribution in [0.1, 0.15) is 0 Å². The third kappa shape index (κ3) is 3.42. The second kappa shape index (κ2) is 4.81. The Bertz CT molecular complexity index is 303. The molecule has 1 N–H and O–H groups in total. The van der Waals surface area contributed by atoms with Gasteiger partial charge in [-0.15, -0.1) is 0 Å². The number of rotatable bonds is 4. The van der Waals surface area contributed by atoms with Crippen LogP contribution in [-0.4, -0.2) is 23.6 Å². The van der Waals surface area contributed by atoms with E-state index in [9.17, 15) is 0 Å². The molecule has 4 nitrogen and oxygen atoms in total. The molecular weight excluding hydrogens is 234 g/mol. The second-order valence-corrected chi connectivity index (χ2v) is 3.41. The van der Waals surface area contributed by atoms with E-state index in [1.54, 1.807) is 19.4 Å². The van der Waals surface area contributed by atoms with Crippen LogP contribution in [0.4, 0.5) is 5.95 Å². The fourth-order valence-corrected chi connectivity index (χ4v) is 0.856. The highest BCUT2D eigenvalue weighted by Crippen LogP contribution is 2.08. The van der Waals surface area contributed by atoms with Crippen molar-refractivity contribution in [1.82, 2.24) is 9.97 Å². The smallest absolute Gasteiger partial charge is 0.226 e. The van der Waals surface area contributed by atoms with Gasteiger partial charge in [0.2, 0.25) is 11.8 Å². The lowest BCUT2D eigenvalue weighted by atomic mass is 10.6. The van der Waals surface area contributed by atoms with Crippen LogP contribution >= 0.6 is 15.9 Å². The third-order valence-corrected chi connectivity index (χ3v) is 1.56. The Balaban J connectivity index is 2.61. The van der Waals surface area contributed by atoms with Gasteiger partial charge >= 0.3 is 0 Å². The van der Waals surface area contributed by atoms with Crippen molar-refractivity contribution in [2.45, 2.75) is 0 Å². The number of methoxy groups -OCH3 is 1. The predicted molar refractivity (Wildman–Crippen MR) is 55.1 cm³/mol. The van der Waals surface area contributed by atoms with Crippen LogP contribution < -0.4 is 10.1 Å². The van der Waals surface area contributed by atoms with E-state index in [4.69, 9.17) is 4.74 Å². The normalized spacial score (nSPS) is 9.38. The molecule has 0 aliphatic heterocycles. The van der Waals surface area contributed by atoms with Crippen molar-refractivity contribution in [1.29, 1.82) is 0 Å². The molecule has 0 unspecified atom stereocenters. The van der Waals surface area contributed by atoms with Crippen LogP contribution in [0.25, 0.3) is 0 Å². The molecule has 0 amide bonds. The van der Waals surface area contributed by atoms with Crippen LogP contribution in [0, 0.1) is 0 Å². The molecule has 0 radical (unpaired) electrons. The molecule has 0 aromatic carbocycles.